The summed E-state index contributed by atoms with van der Waals surface area (Å²) < 4.78 is 34.2. The number of anilines is 2. The van der Waals surface area contributed by atoms with E-state index in [1.165, 1.54) is 49.5 Å². The van der Waals surface area contributed by atoms with Crippen LogP contribution in [0.1, 0.15) is 17.3 Å². The normalized spacial score (nSPS) is 15.0. The first-order valence-corrected chi connectivity index (χ1v) is 13.1. The highest BCUT2D eigenvalue weighted by Gasteiger charge is 2.36. The van der Waals surface area contributed by atoms with Crippen LogP contribution in [0.2, 0.25) is 15.1 Å². The summed E-state index contributed by atoms with van der Waals surface area (Å²) in [6.45, 7) is 1.27. The molecule has 13 heteroatoms. The van der Waals surface area contributed by atoms with Gasteiger partial charge in [0.1, 0.15) is 11.8 Å². The van der Waals surface area contributed by atoms with Crippen LogP contribution < -0.4 is 19.7 Å². The number of benzene rings is 2. The van der Waals surface area contributed by atoms with E-state index in [0.29, 0.717) is 0 Å². The molecule has 188 valence electrons. The Labute approximate surface area is 222 Å². The van der Waals surface area contributed by atoms with Crippen LogP contribution in [0.15, 0.2) is 59.6 Å². The molecule has 0 saturated carbocycles. The Hall–Kier alpha value is -3.05. The Balaban J connectivity index is 1.72. The van der Waals surface area contributed by atoms with Crippen molar-refractivity contribution < 1.29 is 22.7 Å². The van der Waals surface area contributed by atoms with Crippen LogP contribution in [0.5, 0.6) is 5.88 Å². The Morgan fingerprint density at radius 3 is 2.47 bits per heavy atom. The first-order valence-electron chi connectivity index (χ1n) is 10.5. The maximum Gasteiger partial charge on any atom is 0.264 e. The van der Waals surface area contributed by atoms with Gasteiger partial charge < -0.3 is 15.4 Å². The number of aromatic nitrogens is 1. The average Bonchev–Trinajstić information content (AvgIpc) is 2.82. The lowest BCUT2D eigenvalue weighted by molar-refractivity contribution is -0.119. The molecule has 1 aromatic heterocycles. The predicted molar refractivity (Wildman–Crippen MR) is 138 cm³/mol. The quantitative estimate of drug-likeness (QED) is 0.455. The number of carbonyl (C=O) groups is 2. The van der Waals surface area contributed by atoms with Crippen LogP contribution in [-0.2, 0) is 14.8 Å². The third-order valence-corrected chi connectivity index (χ3v) is 7.80. The van der Waals surface area contributed by atoms with Gasteiger partial charge in [0.2, 0.25) is 11.8 Å². The van der Waals surface area contributed by atoms with Gasteiger partial charge in [0.25, 0.3) is 15.9 Å². The van der Waals surface area contributed by atoms with Gasteiger partial charge in [0.05, 0.1) is 45.5 Å². The molecule has 1 unspecified atom stereocenters. The van der Waals surface area contributed by atoms with Crippen molar-refractivity contribution in [3.8, 4) is 5.88 Å². The highest BCUT2D eigenvalue weighted by atomic mass is 35.5. The van der Waals surface area contributed by atoms with Gasteiger partial charge in [-0.1, -0.05) is 46.9 Å². The fraction of sp³-hybridized carbons (Fsp3) is 0.174. The Morgan fingerprint density at radius 2 is 1.81 bits per heavy atom. The van der Waals surface area contributed by atoms with Crippen molar-refractivity contribution in [1.82, 2.24) is 10.3 Å². The second kappa shape index (κ2) is 10.5. The van der Waals surface area contributed by atoms with Gasteiger partial charge in [0, 0.05) is 11.9 Å². The largest absolute Gasteiger partial charge is 0.469 e. The number of amides is 2. The lowest BCUT2D eigenvalue weighted by Gasteiger charge is -2.35. The molecule has 0 bridgehead atoms. The molecule has 3 aromatic rings. The molecule has 1 aliphatic rings. The highest BCUT2D eigenvalue weighted by Crippen LogP contribution is 2.37. The van der Waals surface area contributed by atoms with Crippen LogP contribution in [0.25, 0.3) is 0 Å². The molecule has 0 fully saturated rings. The summed E-state index contributed by atoms with van der Waals surface area (Å²) >= 11 is 18.3. The summed E-state index contributed by atoms with van der Waals surface area (Å²) in [5.41, 5.74) is 0.343. The van der Waals surface area contributed by atoms with Crippen LogP contribution in [0, 0.1) is 0 Å². The number of sulfonamides is 1. The molecule has 2 amide bonds. The van der Waals surface area contributed by atoms with E-state index in [9.17, 15) is 18.0 Å². The fourth-order valence-electron chi connectivity index (χ4n) is 3.51. The molecule has 1 aliphatic heterocycles. The molecule has 4 rings (SSSR count). The third-order valence-electron chi connectivity index (χ3n) is 5.16. The van der Waals surface area contributed by atoms with Gasteiger partial charge >= 0.3 is 0 Å². The zero-order chi connectivity index (χ0) is 26.0. The van der Waals surface area contributed by atoms with Crippen molar-refractivity contribution in [3.63, 3.8) is 0 Å². The van der Waals surface area contributed by atoms with E-state index in [1.807, 2.05) is 0 Å². The van der Waals surface area contributed by atoms with Crippen molar-refractivity contribution in [3.05, 3.63) is 75.4 Å². The van der Waals surface area contributed by atoms with Crippen molar-refractivity contribution in [1.29, 1.82) is 0 Å². The predicted octanol–water partition coefficient (Wildman–Crippen LogP) is 4.39. The second-order valence-corrected chi connectivity index (χ2v) is 10.9. The van der Waals surface area contributed by atoms with Gasteiger partial charge in [0.15, 0.2) is 0 Å². The van der Waals surface area contributed by atoms with Gasteiger partial charge in [-0.25, -0.2) is 13.4 Å². The van der Waals surface area contributed by atoms with E-state index in [2.05, 4.69) is 15.6 Å². The van der Waals surface area contributed by atoms with Crippen molar-refractivity contribution in [2.45, 2.75) is 17.9 Å². The van der Waals surface area contributed by atoms with E-state index in [0.717, 1.165) is 4.31 Å². The van der Waals surface area contributed by atoms with Gasteiger partial charge in [-0.15, -0.1) is 0 Å². The van der Waals surface area contributed by atoms with Gasteiger partial charge in [-0.05, 0) is 36.4 Å². The average molecular weight is 570 g/mol. The van der Waals surface area contributed by atoms with Crippen molar-refractivity contribution >= 4 is 68.0 Å². The molecule has 9 nitrogen and oxygen atoms in total. The Kier molecular flexibility index (Phi) is 7.60. The summed E-state index contributed by atoms with van der Waals surface area (Å²) in [5.74, 6) is -0.884. The number of rotatable bonds is 6. The minimum absolute atomic E-state index is 0.0102. The molecular formula is C23H19Cl3N4O5S. The lowest BCUT2D eigenvalue weighted by atomic mass is 10.2. The van der Waals surface area contributed by atoms with Crippen molar-refractivity contribution in [2.24, 2.45) is 0 Å². The zero-order valence-corrected chi connectivity index (χ0v) is 21.7. The van der Waals surface area contributed by atoms with Crippen LogP contribution >= 0.6 is 34.8 Å². The summed E-state index contributed by atoms with van der Waals surface area (Å²) in [6, 6.07) is 11.9. The molecule has 1 atom stereocenters. The number of pyridine rings is 1. The van der Waals surface area contributed by atoms with E-state index in [4.69, 9.17) is 39.5 Å². The lowest BCUT2D eigenvalue weighted by Crippen LogP contribution is -2.48. The SMILES string of the molecule is CC(=O)NCC1CN(S(=O)(=O)c2cccc(Cl)c2)c2cc(NC(=O)c3c(Cl)cccc3Cl)cnc2O1. The number of ether oxygens (including phenoxy) is 1. The smallest absolute Gasteiger partial charge is 0.264 e. The molecular weight excluding hydrogens is 551 g/mol. The van der Waals surface area contributed by atoms with E-state index < -0.39 is 22.0 Å². The van der Waals surface area contributed by atoms with E-state index in [1.54, 1.807) is 12.1 Å². The molecule has 0 radical (unpaired) electrons. The number of fused-ring (bicyclic) bond motifs is 1. The van der Waals surface area contributed by atoms with Crippen LogP contribution in [-0.4, -0.2) is 44.4 Å². The topological polar surface area (TPSA) is 118 Å². The Morgan fingerprint density at radius 1 is 1.11 bits per heavy atom. The molecule has 2 aromatic carbocycles. The van der Waals surface area contributed by atoms with E-state index in [-0.39, 0.29) is 61.8 Å². The van der Waals surface area contributed by atoms with Crippen molar-refractivity contribution in [2.75, 3.05) is 22.7 Å². The minimum Gasteiger partial charge on any atom is -0.469 e. The number of nitrogens with zero attached hydrogens (tertiary/aromatic N) is 2. The minimum atomic E-state index is -4.12. The Bertz CT molecular complexity index is 1430. The number of halogens is 3. The third kappa shape index (κ3) is 5.52. The molecule has 2 heterocycles. The summed E-state index contributed by atoms with van der Waals surface area (Å²) in [7, 11) is -4.12. The van der Waals surface area contributed by atoms with Crippen LogP contribution in [0.4, 0.5) is 11.4 Å². The standard InChI is InChI=1S/C23H19Cl3N4O5S/c1-13(31)27-11-16-12-30(36(33,34)17-5-2-4-14(24)8-17)20-9-15(10-28-23(20)35-16)29-22(32)21-18(25)6-3-7-19(21)26/h2-10,16H,11-12H2,1H3,(H,27,31)(H,29,32). The molecule has 0 saturated heterocycles. The zero-order valence-electron chi connectivity index (χ0n) is 18.7. The fourth-order valence-corrected chi connectivity index (χ4v) is 5.87. The summed E-state index contributed by atoms with van der Waals surface area (Å²) in [4.78, 5) is 28.4. The summed E-state index contributed by atoms with van der Waals surface area (Å²) in [5, 5.41) is 5.80. The van der Waals surface area contributed by atoms with Gasteiger partial charge in [-0.3, -0.25) is 13.9 Å². The number of nitrogens with one attached hydrogen (secondary N) is 2. The number of carbonyl (C=O) groups excluding carboxylic acids is 2. The summed E-state index contributed by atoms with van der Waals surface area (Å²) in [6.07, 6.45) is 0.595. The first kappa shape index (κ1) is 26.0. The number of hydrogen-bond acceptors (Lipinski definition) is 6. The highest BCUT2D eigenvalue weighted by molar-refractivity contribution is 7.92. The maximum atomic E-state index is 13.6. The number of hydrogen-bond donors (Lipinski definition) is 2. The molecule has 0 spiro atoms. The molecule has 0 aliphatic carbocycles. The monoisotopic (exact) mass is 568 g/mol. The molecule has 36 heavy (non-hydrogen) atoms. The van der Waals surface area contributed by atoms with E-state index >= 15 is 0 Å². The first-order chi connectivity index (χ1) is 17.1. The van der Waals surface area contributed by atoms with Gasteiger partial charge in [-0.2, -0.15) is 0 Å². The second-order valence-electron chi connectivity index (χ2n) is 7.77. The maximum absolute atomic E-state index is 13.6. The molecule has 2 N–H and O–H groups in total. The van der Waals surface area contributed by atoms with Crippen LogP contribution in [0.3, 0.4) is 0 Å².